The highest BCUT2D eigenvalue weighted by molar-refractivity contribution is 9.10. The van der Waals surface area contributed by atoms with Crippen LogP contribution in [0.3, 0.4) is 0 Å². The van der Waals surface area contributed by atoms with Crippen molar-refractivity contribution in [3.05, 3.63) is 46.2 Å². The molecule has 4 nitrogen and oxygen atoms in total. The second kappa shape index (κ2) is 6.41. The van der Waals surface area contributed by atoms with E-state index in [4.69, 9.17) is 10.5 Å². The Bertz CT molecular complexity index is 563. The van der Waals surface area contributed by atoms with Gasteiger partial charge in [0.15, 0.2) is 5.75 Å². The van der Waals surface area contributed by atoms with Crippen molar-refractivity contribution in [3.63, 3.8) is 0 Å². The van der Waals surface area contributed by atoms with Crippen molar-refractivity contribution in [2.45, 2.75) is 32.4 Å². The molecule has 0 spiro atoms. The predicted molar refractivity (Wildman–Crippen MR) is 83.9 cm³/mol. The first kappa shape index (κ1) is 15.1. The van der Waals surface area contributed by atoms with E-state index in [0.717, 1.165) is 22.3 Å². The number of nitrogens with zero attached hydrogens (tertiary/aromatic N) is 2. The molecule has 0 aliphatic carbocycles. The molecule has 1 aromatic carbocycles. The van der Waals surface area contributed by atoms with Gasteiger partial charge in [-0.3, -0.25) is 4.68 Å². The van der Waals surface area contributed by atoms with E-state index < -0.39 is 0 Å². The van der Waals surface area contributed by atoms with Crippen LogP contribution in [0.4, 0.5) is 0 Å². The molecular weight excluding hydrogens is 318 g/mol. The number of hydrogen-bond acceptors (Lipinski definition) is 3. The van der Waals surface area contributed by atoms with Gasteiger partial charge < -0.3 is 10.5 Å². The molecule has 5 heteroatoms. The topological polar surface area (TPSA) is 53.1 Å². The molecule has 1 heterocycles. The molecule has 0 aliphatic rings. The number of rotatable bonds is 5. The van der Waals surface area contributed by atoms with Crippen LogP contribution in [0.5, 0.6) is 5.75 Å². The summed E-state index contributed by atoms with van der Waals surface area (Å²) in [4.78, 5) is 0. The maximum atomic E-state index is 6.37. The summed E-state index contributed by atoms with van der Waals surface area (Å²) in [5.41, 5.74) is 8.52. The third-order valence-electron chi connectivity index (χ3n) is 3.23. The smallest absolute Gasteiger partial charge is 0.161 e. The van der Waals surface area contributed by atoms with Gasteiger partial charge in [0.2, 0.25) is 0 Å². The lowest BCUT2D eigenvalue weighted by Crippen LogP contribution is -2.20. The van der Waals surface area contributed by atoms with Gasteiger partial charge in [0, 0.05) is 10.5 Å². The average Bonchev–Trinajstić information content (AvgIpc) is 2.85. The number of methoxy groups -OCH3 is 1. The van der Waals surface area contributed by atoms with Gasteiger partial charge in [-0.05, 0) is 38.0 Å². The molecule has 20 heavy (non-hydrogen) atoms. The second-order valence-electron chi connectivity index (χ2n) is 5.07. The van der Waals surface area contributed by atoms with Gasteiger partial charge >= 0.3 is 0 Å². The third-order valence-corrected chi connectivity index (χ3v) is 3.76. The number of hydrogen-bond donors (Lipinski definition) is 1. The lowest BCUT2D eigenvalue weighted by Gasteiger charge is -2.18. The molecule has 2 rings (SSSR count). The molecule has 2 N–H and O–H groups in total. The molecule has 1 unspecified atom stereocenters. The summed E-state index contributed by atoms with van der Waals surface area (Å²) >= 11 is 3.44. The summed E-state index contributed by atoms with van der Waals surface area (Å²) in [5.74, 6) is 0.753. The van der Waals surface area contributed by atoms with Crippen molar-refractivity contribution in [1.82, 2.24) is 9.78 Å². The fourth-order valence-corrected chi connectivity index (χ4v) is 2.51. The number of halogens is 1. The zero-order valence-electron chi connectivity index (χ0n) is 12.0. The van der Waals surface area contributed by atoms with Crippen LogP contribution in [0.1, 0.15) is 37.2 Å². The summed E-state index contributed by atoms with van der Waals surface area (Å²) in [7, 11) is 1.65. The zero-order chi connectivity index (χ0) is 14.7. The number of nitrogens with two attached hydrogens (primary N) is 1. The van der Waals surface area contributed by atoms with Crippen LogP contribution >= 0.6 is 15.9 Å². The van der Waals surface area contributed by atoms with Crippen molar-refractivity contribution in [2.24, 2.45) is 5.73 Å². The first-order valence-electron chi connectivity index (χ1n) is 6.64. The molecule has 0 bridgehead atoms. The molecule has 0 radical (unpaired) electrons. The third kappa shape index (κ3) is 3.22. The van der Waals surface area contributed by atoms with Gasteiger partial charge in [-0.1, -0.05) is 28.1 Å². The first-order chi connectivity index (χ1) is 9.52. The van der Waals surface area contributed by atoms with Gasteiger partial charge in [0.05, 0.1) is 25.0 Å². The van der Waals surface area contributed by atoms with Gasteiger partial charge in [-0.15, -0.1) is 0 Å². The second-order valence-corrected chi connectivity index (χ2v) is 5.99. The Morgan fingerprint density at radius 3 is 2.50 bits per heavy atom. The Morgan fingerprint density at radius 1 is 1.30 bits per heavy atom. The molecule has 0 saturated heterocycles. The van der Waals surface area contributed by atoms with E-state index in [1.54, 1.807) is 13.3 Å². The number of aromatic nitrogens is 2. The van der Waals surface area contributed by atoms with Crippen LogP contribution < -0.4 is 10.5 Å². The number of benzene rings is 1. The minimum absolute atomic E-state index is 0.143. The maximum absolute atomic E-state index is 6.37. The Labute approximate surface area is 128 Å². The standard InChI is InChI=1S/C15H20BrN3O/c1-10(2)19-15(14(20-3)9-18-19)13(17)8-11-4-6-12(16)7-5-11/h4-7,9-10,13H,8,17H2,1-3H3. The molecular formula is C15H20BrN3O. The molecule has 108 valence electrons. The highest BCUT2D eigenvalue weighted by atomic mass is 79.9. The zero-order valence-corrected chi connectivity index (χ0v) is 13.6. The summed E-state index contributed by atoms with van der Waals surface area (Å²) in [6.45, 7) is 4.17. The minimum Gasteiger partial charge on any atom is -0.493 e. The van der Waals surface area contributed by atoms with Crippen molar-refractivity contribution in [3.8, 4) is 5.75 Å². The molecule has 1 atom stereocenters. The first-order valence-corrected chi connectivity index (χ1v) is 7.43. The maximum Gasteiger partial charge on any atom is 0.161 e. The van der Waals surface area contributed by atoms with Crippen molar-refractivity contribution in [2.75, 3.05) is 7.11 Å². The summed E-state index contributed by atoms with van der Waals surface area (Å²) in [6.07, 6.45) is 2.48. The lowest BCUT2D eigenvalue weighted by atomic mass is 10.0. The van der Waals surface area contributed by atoms with Crippen molar-refractivity contribution in [1.29, 1.82) is 0 Å². The Hall–Kier alpha value is -1.33. The van der Waals surface area contributed by atoms with E-state index in [0.29, 0.717) is 0 Å². The average molecular weight is 338 g/mol. The Balaban J connectivity index is 2.26. The van der Waals surface area contributed by atoms with Crippen LogP contribution in [0.2, 0.25) is 0 Å². The van der Waals surface area contributed by atoms with Crippen molar-refractivity contribution >= 4 is 15.9 Å². The van der Waals surface area contributed by atoms with Crippen LogP contribution in [-0.2, 0) is 6.42 Å². The molecule has 0 amide bonds. The Morgan fingerprint density at radius 2 is 1.95 bits per heavy atom. The van der Waals surface area contributed by atoms with E-state index in [1.807, 2.05) is 16.8 Å². The summed E-state index contributed by atoms with van der Waals surface area (Å²) < 4.78 is 8.39. The van der Waals surface area contributed by atoms with E-state index in [-0.39, 0.29) is 12.1 Å². The van der Waals surface area contributed by atoms with Gasteiger partial charge in [-0.2, -0.15) is 5.10 Å². The van der Waals surface area contributed by atoms with Gasteiger partial charge in [-0.25, -0.2) is 0 Å². The highest BCUT2D eigenvalue weighted by Gasteiger charge is 2.20. The molecule has 0 fully saturated rings. The quantitative estimate of drug-likeness (QED) is 0.908. The monoisotopic (exact) mass is 337 g/mol. The molecule has 0 aliphatic heterocycles. The van der Waals surface area contributed by atoms with Crippen molar-refractivity contribution < 1.29 is 4.74 Å². The molecule has 2 aromatic rings. The summed E-state index contributed by atoms with van der Waals surface area (Å²) in [5, 5.41) is 4.37. The van der Waals surface area contributed by atoms with Crippen LogP contribution in [-0.4, -0.2) is 16.9 Å². The normalized spacial score (nSPS) is 12.7. The fraction of sp³-hybridized carbons (Fsp3) is 0.400. The SMILES string of the molecule is COc1cnn(C(C)C)c1C(N)Cc1ccc(Br)cc1. The van der Waals surface area contributed by atoms with Crippen LogP contribution in [0.15, 0.2) is 34.9 Å². The van der Waals surface area contributed by atoms with E-state index in [9.17, 15) is 0 Å². The summed E-state index contributed by atoms with van der Waals surface area (Å²) in [6, 6.07) is 8.32. The fourth-order valence-electron chi connectivity index (χ4n) is 2.25. The Kier molecular flexibility index (Phi) is 4.83. The molecule has 0 saturated carbocycles. The molecule has 1 aromatic heterocycles. The van der Waals surface area contributed by atoms with Crippen LogP contribution in [0.25, 0.3) is 0 Å². The highest BCUT2D eigenvalue weighted by Crippen LogP contribution is 2.28. The predicted octanol–water partition coefficient (Wildman–Crippen LogP) is 3.48. The van der Waals surface area contributed by atoms with E-state index in [2.05, 4.69) is 47.0 Å². The van der Waals surface area contributed by atoms with Gasteiger partial charge in [0.1, 0.15) is 0 Å². The van der Waals surface area contributed by atoms with Gasteiger partial charge in [0.25, 0.3) is 0 Å². The number of ether oxygens (including phenoxy) is 1. The minimum atomic E-state index is -0.143. The largest absolute Gasteiger partial charge is 0.493 e. The van der Waals surface area contributed by atoms with E-state index >= 15 is 0 Å². The lowest BCUT2D eigenvalue weighted by molar-refractivity contribution is 0.396. The van der Waals surface area contributed by atoms with Crippen LogP contribution in [0, 0.1) is 0 Å². The van der Waals surface area contributed by atoms with E-state index in [1.165, 1.54) is 5.56 Å².